The minimum Gasteiger partial charge on any atom is -0.504 e. The molecule has 0 aliphatic rings. The zero-order chi connectivity index (χ0) is 12.5. The molecule has 1 unspecified atom stereocenters. The van der Waals surface area contributed by atoms with Crippen molar-refractivity contribution in [2.24, 2.45) is 0 Å². The number of carboxylic acids is 1. The molecule has 2 N–H and O–H groups in total. The molecule has 0 saturated carbocycles. The van der Waals surface area contributed by atoms with Gasteiger partial charge in [0, 0.05) is 11.6 Å². The second-order valence-corrected chi connectivity index (χ2v) is 3.72. The van der Waals surface area contributed by atoms with Crippen LogP contribution in [0.15, 0.2) is 12.1 Å². The van der Waals surface area contributed by atoms with Gasteiger partial charge in [-0.3, -0.25) is 0 Å². The van der Waals surface area contributed by atoms with E-state index in [9.17, 15) is 14.3 Å². The minimum absolute atomic E-state index is 0.0509. The SMILES string of the molecule is COc1cc(Cl)c(C(C)(F)C(=O)O)cc1O. The molecule has 0 spiro atoms. The third-order valence-corrected chi connectivity index (χ3v) is 2.49. The molecule has 88 valence electrons. The normalized spacial score (nSPS) is 14.2. The van der Waals surface area contributed by atoms with Gasteiger partial charge in [-0.25, -0.2) is 9.18 Å². The fourth-order valence-electron chi connectivity index (χ4n) is 1.18. The lowest BCUT2D eigenvalue weighted by Gasteiger charge is -2.18. The number of benzene rings is 1. The number of phenols is 1. The van der Waals surface area contributed by atoms with Crippen LogP contribution >= 0.6 is 11.6 Å². The maximum atomic E-state index is 13.8. The van der Waals surface area contributed by atoms with Crippen LogP contribution in [0.3, 0.4) is 0 Å². The highest BCUT2D eigenvalue weighted by Crippen LogP contribution is 2.39. The summed E-state index contributed by atoms with van der Waals surface area (Å²) in [7, 11) is 1.30. The summed E-state index contributed by atoms with van der Waals surface area (Å²) >= 11 is 5.71. The number of carboxylic acid groups (broad SMARTS) is 1. The summed E-state index contributed by atoms with van der Waals surface area (Å²) < 4.78 is 18.5. The molecule has 0 bridgehead atoms. The van der Waals surface area contributed by atoms with E-state index in [1.807, 2.05) is 0 Å². The molecule has 0 radical (unpaired) electrons. The highest BCUT2D eigenvalue weighted by Gasteiger charge is 2.37. The summed E-state index contributed by atoms with van der Waals surface area (Å²) in [6.45, 7) is 0.850. The zero-order valence-electron chi connectivity index (χ0n) is 8.62. The second-order valence-electron chi connectivity index (χ2n) is 3.31. The topological polar surface area (TPSA) is 66.8 Å². The number of ether oxygens (including phenoxy) is 1. The molecule has 0 saturated heterocycles. The number of aliphatic carboxylic acids is 1. The number of hydrogen-bond acceptors (Lipinski definition) is 3. The fourth-order valence-corrected chi connectivity index (χ4v) is 1.51. The van der Waals surface area contributed by atoms with E-state index < -0.39 is 11.6 Å². The van der Waals surface area contributed by atoms with Gasteiger partial charge in [0.1, 0.15) is 0 Å². The van der Waals surface area contributed by atoms with Gasteiger partial charge >= 0.3 is 5.97 Å². The van der Waals surface area contributed by atoms with E-state index in [1.54, 1.807) is 0 Å². The quantitative estimate of drug-likeness (QED) is 0.862. The third-order valence-electron chi connectivity index (χ3n) is 2.18. The first-order valence-electron chi connectivity index (χ1n) is 4.30. The zero-order valence-corrected chi connectivity index (χ0v) is 9.38. The van der Waals surface area contributed by atoms with E-state index in [0.29, 0.717) is 0 Å². The van der Waals surface area contributed by atoms with Crippen molar-refractivity contribution in [3.8, 4) is 11.5 Å². The molecule has 16 heavy (non-hydrogen) atoms. The predicted octanol–water partition coefficient (Wildman–Crippen LogP) is 2.32. The average Bonchev–Trinajstić information content (AvgIpc) is 2.20. The number of aromatic hydroxyl groups is 1. The van der Waals surface area contributed by atoms with Gasteiger partial charge in [0.25, 0.3) is 0 Å². The number of hydrogen-bond donors (Lipinski definition) is 2. The van der Waals surface area contributed by atoms with Crippen LogP contribution in [0.25, 0.3) is 0 Å². The van der Waals surface area contributed by atoms with Gasteiger partial charge in [-0.05, 0) is 13.0 Å². The highest BCUT2D eigenvalue weighted by atomic mass is 35.5. The van der Waals surface area contributed by atoms with Gasteiger partial charge in [0.05, 0.1) is 12.1 Å². The molecule has 0 amide bonds. The van der Waals surface area contributed by atoms with Gasteiger partial charge < -0.3 is 14.9 Å². The molecule has 1 atom stereocenters. The van der Waals surface area contributed by atoms with Gasteiger partial charge in [0.15, 0.2) is 11.5 Å². The van der Waals surface area contributed by atoms with Crippen LogP contribution in [0, 0.1) is 0 Å². The fraction of sp³-hybridized carbons (Fsp3) is 0.300. The van der Waals surface area contributed by atoms with Crippen LogP contribution < -0.4 is 4.74 Å². The first-order valence-corrected chi connectivity index (χ1v) is 4.67. The summed E-state index contributed by atoms with van der Waals surface area (Å²) in [5, 5.41) is 18.0. The van der Waals surface area contributed by atoms with E-state index in [0.717, 1.165) is 19.1 Å². The molecule has 0 aliphatic heterocycles. The predicted molar refractivity (Wildman–Crippen MR) is 55.8 cm³/mol. The molecule has 0 aliphatic carbocycles. The minimum atomic E-state index is -2.67. The van der Waals surface area contributed by atoms with Crippen molar-refractivity contribution < 1.29 is 24.1 Å². The number of carbonyl (C=O) groups is 1. The van der Waals surface area contributed by atoms with Gasteiger partial charge in [-0.15, -0.1) is 0 Å². The van der Waals surface area contributed by atoms with E-state index in [-0.39, 0.29) is 22.1 Å². The smallest absolute Gasteiger partial charge is 0.345 e. The van der Waals surface area contributed by atoms with Gasteiger partial charge in [-0.1, -0.05) is 11.6 Å². The van der Waals surface area contributed by atoms with E-state index >= 15 is 0 Å². The van der Waals surface area contributed by atoms with E-state index in [4.69, 9.17) is 21.4 Å². The number of rotatable bonds is 3. The Morgan fingerprint density at radius 1 is 1.56 bits per heavy atom. The van der Waals surface area contributed by atoms with E-state index in [1.165, 1.54) is 7.11 Å². The number of methoxy groups -OCH3 is 1. The number of alkyl halides is 1. The standard InChI is InChI=1S/C10H10ClFO4/c1-10(12,9(14)15)5-3-7(13)8(16-2)4-6(5)11/h3-4,13H,1-2H3,(H,14,15). The van der Waals surface area contributed by atoms with Gasteiger partial charge in [-0.2, -0.15) is 0 Å². The summed E-state index contributed by atoms with van der Waals surface area (Å²) in [5.41, 5.74) is -2.99. The van der Waals surface area contributed by atoms with Crippen LogP contribution in [-0.4, -0.2) is 23.3 Å². The Kier molecular flexibility index (Phi) is 3.28. The highest BCUT2D eigenvalue weighted by molar-refractivity contribution is 6.32. The molecular formula is C10H10ClFO4. The second kappa shape index (κ2) is 4.17. The van der Waals surface area contributed by atoms with Crippen molar-refractivity contribution in [3.63, 3.8) is 0 Å². The Hall–Kier alpha value is -1.49. The summed E-state index contributed by atoms with van der Waals surface area (Å²) in [6.07, 6.45) is 0. The lowest BCUT2D eigenvalue weighted by Crippen LogP contribution is -2.27. The largest absolute Gasteiger partial charge is 0.504 e. The molecule has 1 rings (SSSR count). The van der Waals surface area contributed by atoms with Crippen LogP contribution in [0.1, 0.15) is 12.5 Å². The third kappa shape index (κ3) is 2.04. The van der Waals surface area contributed by atoms with Crippen LogP contribution in [0.2, 0.25) is 5.02 Å². The van der Waals surface area contributed by atoms with Crippen LogP contribution in [0.5, 0.6) is 11.5 Å². The monoisotopic (exact) mass is 248 g/mol. The molecule has 0 aromatic heterocycles. The van der Waals surface area contributed by atoms with Crippen LogP contribution in [0.4, 0.5) is 4.39 Å². The van der Waals surface area contributed by atoms with Crippen LogP contribution in [-0.2, 0) is 10.5 Å². The molecule has 6 heteroatoms. The van der Waals surface area contributed by atoms with E-state index in [2.05, 4.69) is 0 Å². The number of phenolic OH excluding ortho intramolecular Hbond substituents is 1. The molecular weight excluding hydrogens is 239 g/mol. The first kappa shape index (κ1) is 12.6. The summed E-state index contributed by atoms with van der Waals surface area (Å²) in [5.74, 6) is -2.00. The summed E-state index contributed by atoms with van der Waals surface area (Å²) in [6, 6.07) is 2.10. The van der Waals surface area contributed by atoms with Crippen molar-refractivity contribution in [2.75, 3.05) is 7.11 Å². The lowest BCUT2D eigenvalue weighted by molar-refractivity contribution is -0.150. The summed E-state index contributed by atoms with van der Waals surface area (Å²) in [4.78, 5) is 10.7. The lowest BCUT2D eigenvalue weighted by atomic mass is 9.97. The Morgan fingerprint density at radius 2 is 2.12 bits per heavy atom. The molecule has 4 nitrogen and oxygen atoms in total. The average molecular weight is 249 g/mol. The maximum absolute atomic E-state index is 13.8. The number of halogens is 2. The van der Waals surface area contributed by atoms with Crippen molar-refractivity contribution >= 4 is 17.6 Å². The molecule has 0 fully saturated rings. The molecule has 1 aromatic carbocycles. The molecule has 1 aromatic rings. The van der Waals surface area contributed by atoms with Crippen molar-refractivity contribution in [2.45, 2.75) is 12.6 Å². The van der Waals surface area contributed by atoms with Crippen molar-refractivity contribution in [1.82, 2.24) is 0 Å². The first-order chi connectivity index (χ1) is 7.30. The Labute approximate surface area is 96.2 Å². The Bertz CT molecular complexity index is 431. The van der Waals surface area contributed by atoms with Crippen molar-refractivity contribution in [3.05, 3.63) is 22.7 Å². The Morgan fingerprint density at radius 3 is 2.56 bits per heavy atom. The molecule has 0 heterocycles. The Balaban J connectivity index is 3.37. The maximum Gasteiger partial charge on any atom is 0.345 e. The van der Waals surface area contributed by atoms with Gasteiger partial charge in [0.2, 0.25) is 5.67 Å². The van der Waals surface area contributed by atoms with Crippen molar-refractivity contribution in [1.29, 1.82) is 0 Å².